The molecule has 0 N–H and O–H groups in total. The van der Waals surface area contributed by atoms with Crippen LogP contribution in [0.4, 0.5) is 5.69 Å². The van der Waals surface area contributed by atoms with Gasteiger partial charge in [-0.25, -0.2) is 14.8 Å². The summed E-state index contributed by atoms with van der Waals surface area (Å²) in [6.07, 6.45) is 0. The highest BCUT2D eigenvalue weighted by atomic mass is 14.9. The van der Waals surface area contributed by atoms with Crippen molar-refractivity contribution in [1.29, 1.82) is 0 Å². The molecule has 1 aliphatic rings. The third-order valence-electron chi connectivity index (χ3n) is 11.0. The van der Waals surface area contributed by atoms with Gasteiger partial charge in [0.1, 0.15) is 0 Å². The molecule has 0 radical (unpaired) electrons. The van der Waals surface area contributed by atoms with Crippen molar-refractivity contribution in [3.05, 3.63) is 234 Å². The van der Waals surface area contributed by atoms with Gasteiger partial charge in [-0.05, 0) is 73.5 Å². The quantitative estimate of drug-likeness (QED) is 0.162. The van der Waals surface area contributed by atoms with Gasteiger partial charge in [-0.2, -0.15) is 0 Å². The highest BCUT2D eigenvalue weighted by Crippen LogP contribution is 2.59. The van der Waals surface area contributed by atoms with Gasteiger partial charge in [-0.3, -0.25) is 0 Å². The van der Waals surface area contributed by atoms with Crippen molar-refractivity contribution >= 4 is 16.5 Å². The molecule has 0 amide bonds. The highest BCUT2D eigenvalue weighted by Gasteiger charge is 2.46. The zero-order chi connectivity index (χ0) is 36.8. The van der Waals surface area contributed by atoms with E-state index in [1.165, 1.54) is 22.1 Å². The zero-order valence-corrected chi connectivity index (χ0v) is 29.9. The molecule has 8 aromatic carbocycles. The second-order valence-electron chi connectivity index (χ2n) is 14.0. The Morgan fingerprint density at radius 2 is 0.964 bits per heavy atom. The lowest BCUT2D eigenvalue weighted by atomic mass is 9.67. The third kappa shape index (κ3) is 5.35. The van der Waals surface area contributed by atoms with Crippen LogP contribution in [-0.4, -0.2) is 9.97 Å². The van der Waals surface area contributed by atoms with Crippen molar-refractivity contribution in [2.45, 2.75) is 5.41 Å². The molecule has 0 unspecified atom stereocenters. The van der Waals surface area contributed by atoms with Crippen molar-refractivity contribution in [3.63, 3.8) is 0 Å². The summed E-state index contributed by atoms with van der Waals surface area (Å²) in [5.41, 5.74) is 13.9. The average molecular weight is 700 g/mol. The monoisotopic (exact) mass is 699 g/mol. The smallest absolute Gasteiger partial charge is 0.195 e. The molecule has 0 bridgehead atoms. The van der Waals surface area contributed by atoms with E-state index < -0.39 is 5.41 Å². The maximum absolute atomic E-state index is 8.13. The molecule has 0 saturated heterocycles. The van der Waals surface area contributed by atoms with Gasteiger partial charge in [-0.15, -0.1) is 0 Å². The molecule has 1 aromatic heterocycles. The fourth-order valence-electron chi connectivity index (χ4n) is 8.43. The van der Waals surface area contributed by atoms with Crippen LogP contribution < -0.4 is 0 Å². The maximum atomic E-state index is 8.13. The third-order valence-corrected chi connectivity index (χ3v) is 11.0. The number of aromatic nitrogens is 2. The fourth-order valence-corrected chi connectivity index (χ4v) is 8.43. The second-order valence-corrected chi connectivity index (χ2v) is 14.0. The molecule has 0 spiro atoms. The lowest BCUT2D eigenvalue weighted by Crippen LogP contribution is -2.28. The normalized spacial score (nSPS) is 12.5. The number of nitrogens with zero attached hydrogens (tertiary/aromatic N) is 3. The Labute approximate surface area is 320 Å². The molecular formula is C52H33N3. The summed E-state index contributed by atoms with van der Waals surface area (Å²) < 4.78 is 0. The number of hydrogen-bond acceptors (Lipinski definition) is 2. The van der Waals surface area contributed by atoms with E-state index >= 15 is 0 Å². The van der Waals surface area contributed by atoms with E-state index in [1.54, 1.807) is 0 Å². The average Bonchev–Trinajstić information content (AvgIpc) is 3.57. The first-order valence-corrected chi connectivity index (χ1v) is 18.5. The van der Waals surface area contributed by atoms with Crippen molar-refractivity contribution in [2.24, 2.45) is 0 Å². The van der Waals surface area contributed by atoms with Gasteiger partial charge in [0.05, 0.1) is 23.4 Å². The maximum Gasteiger partial charge on any atom is 0.195 e. The van der Waals surface area contributed by atoms with E-state index in [0.717, 1.165) is 61.3 Å². The molecule has 0 saturated carbocycles. The van der Waals surface area contributed by atoms with E-state index in [4.69, 9.17) is 16.5 Å². The standard InChI is InChI=1S/C52H33N3/c1-53-47-23-13-22-45-50(47)44-31-30-40(33-46(44)52(45,42-18-7-3-8-19-42)43-20-9-4-10-21-43)36-24-27-38(28-25-36)49-34-48(37-15-5-2-6-16-37)54-51(55-49)41-29-26-35-14-11-12-17-39(35)32-41/h2-34H. The molecule has 1 aliphatic carbocycles. The first-order chi connectivity index (χ1) is 27.2. The molecule has 256 valence electrons. The summed E-state index contributed by atoms with van der Waals surface area (Å²) in [6, 6.07) is 70.3. The molecule has 0 atom stereocenters. The van der Waals surface area contributed by atoms with Crippen LogP contribution in [0.25, 0.3) is 71.8 Å². The van der Waals surface area contributed by atoms with E-state index in [1.807, 2.05) is 30.3 Å². The Hall–Kier alpha value is -7.41. The molecule has 55 heavy (non-hydrogen) atoms. The predicted octanol–water partition coefficient (Wildman–Crippen LogP) is 13.2. The van der Waals surface area contributed by atoms with Gasteiger partial charge < -0.3 is 0 Å². The van der Waals surface area contributed by atoms with Gasteiger partial charge in [-0.1, -0.05) is 182 Å². The topological polar surface area (TPSA) is 30.1 Å². The number of hydrogen-bond donors (Lipinski definition) is 0. The summed E-state index contributed by atoms with van der Waals surface area (Å²) in [5.74, 6) is 0.696. The van der Waals surface area contributed by atoms with Gasteiger partial charge in [0.2, 0.25) is 0 Å². The first kappa shape index (κ1) is 32.3. The van der Waals surface area contributed by atoms with Crippen LogP contribution in [0.15, 0.2) is 200 Å². The van der Waals surface area contributed by atoms with Crippen LogP contribution in [0.1, 0.15) is 22.3 Å². The molecule has 0 fully saturated rings. The minimum absolute atomic E-state index is 0.586. The SMILES string of the molecule is [C-]#[N+]c1cccc2c1-c1ccc(-c3ccc(-c4cc(-c5ccccc5)nc(-c5ccc6ccccc6c5)n4)cc3)cc1C2(c1ccccc1)c1ccccc1. The Morgan fingerprint density at radius 3 is 1.64 bits per heavy atom. The summed E-state index contributed by atoms with van der Waals surface area (Å²) in [6.45, 7) is 8.13. The Balaban J connectivity index is 1.11. The second kappa shape index (κ2) is 13.2. The summed E-state index contributed by atoms with van der Waals surface area (Å²) >= 11 is 0. The molecule has 10 rings (SSSR count). The molecule has 9 aromatic rings. The lowest BCUT2D eigenvalue weighted by Gasteiger charge is -2.34. The van der Waals surface area contributed by atoms with E-state index in [-0.39, 0.29) is 0 Å². The van der Waals surface area contributed by atoms with Crippen LogP contribution in [0.5, 0.6) is 0 Å². The molecule has 3 nitrogen and oxygen atoms in total. The van der Waals surface area contributed by atoms with Gasteiger partial charge in [0.25, 0.3) is 0 Å². The first-order valence-electron chi connectivity index (χ1n) is 18.5. The number of benzene rings is 8. The van der Waals surface area contributed by atoms with Crippen LogP contribution in [0, 0.1) is 6.57 Å². The Bertz CT molecular complexity index is 2870. The van der Waals surface area contributed by atoms with Crippen molar-refractivity contribution < 1.29 is 0 Å². The van der Waals surface area contributed by atoms with Crippen LogP contribution in [-0.2, 0) is 5.41 Å². The minimum atomic E-state index is -0.586. The molecule has 1 heterocycles. The van der Waals surface area contributed by atoms with Gasteiger partial charge in [0, 0.05) is 16.7 Å². The van der Waals surface area contributed by atoms with Crippen LogP contribution >= 0.6 is 0 Å². The molecular weight excluding hydrogens is 667 g/mol. The molecule has 3 heteroatoms. The van der Waals surface area contributed by atoms with E-state index in [9.17, 15) is 0 Å². The van der Waals surface area contributed by atoms with E-state index in [2.05, 4.69) is 175 Å². The summed E-state index contributed by atoms with van der Waals surface area (Å²) in [5, 5.41) is 2.35. The van der Waals surface area contributed by atoms with Crippen molar-refractivity contribution in [2.75, 3.05) is 0 Å². The van der Waals surface area contributed by atoms with Gasteiger partial charge in [0.15, 0.2) is 11.5 Å². The Morgan fingerprint density at radius 1 is 0.400 bits per heavy atom. The van der Waals surface area contributed by atoms with E-state index in [0.29, 0.717) is 11.5 Å². The lowest BCUT2D eigenvalue weighted by molar-refractivity contribution is 0.769. The highest BCUT2D eigenvalue weighted by molar-refractivity contribution is 5.95. The summed E-state index contributed by atoms with van der Waals surface area (Å²) in [7, 11) is 0. The summed E-state index contributed by atoms with van der Waals surface area (Å²) in [4.78, 5) is 14.2. The van der Waals surface area contributed by atoms with Crippen LogP contribution in [0.3, 0.4) is 0 Å². The minimum Gasteiger partial charge on any atom is -0.238 e. The van der Waals surface area contributed by atoms with Crippen LogP contribution in [0.2, 0.25) is 0 Å². The van der Waals surface area contributed by atoms with Gasteiger partial charge >= 0.3 is 0 Å². The predicted molar refractivity (Wildman–Crippen MR) is 225 cm³/mol. The Kier molecular flexibility index (Phi) is 7.75. The number of fused-ring (bicyclic) bond motifs is 4. The number of rotatable bonds is 6. The largest absolute Gasteiger partial charge is 0.238 e. The molecule has 0 aliphatic heterocycles. The van der Waals surface area contributed by atoms with Crippen molar-refractivity contribution in [3.8, 4) is 56.2 Å². The fraction of sp³-hybridized carbons (Fsp3) is 0.0192. The van der Waals surface area contributed by atoms with Crippen molar-refractivity contribution in [1.82, 2.24) is 9.97 Å². The zero-order valence-electron chi connectivity index (χ0n) is 29.9.